The fourth-order valence-electron chi connectivity index (χ4n) is 2.36. The van der Waals surface area contributed by atoms with Gasteiger partial charge < -0.3 is 10.1 Å². The maximum absolute atomic E-state index is 12.2. The summed E-state index contributed by atoms with van der Waals surface area (Å²) < 4.78 is 5.78. The van der Waals surface area contributed by atoms with Crippen LogP contribution in [0.1, 0.15) is 25.8 Å². The molecule has 128 valence electrons. The summed E-state index contributed by atoms with van der Waals surface area (Å²) >= 11 is 0. The molecule has 24 heavy (non-hydrogen) atoms. The van der Waals surface area contributed by atoms with E-state index in [1.807, 2.05) is 61.3 Å². The van der Waals surface area contributed by atoms with Crippen LogP contribution in [0.15, 0.2) is 54.6 Å². The predicted octanol–water partition coefficient (Wildman–Crippen LogP) is 3.93. The average Bonchev–Trinajstić information content (AvgIpc) is 2.55. The number of amides is 1. The Bertz CT molecular complexity index is 643. The Morgan fingerprint density at radius 2 is 1.92 bits per heavy atom. The summed E-state index contributed by atoms with van der Waals surface area (Å²) in [6.45, 7) is 5.19. The van der Waals surface area contributed by atoms with Crippen molar-refractivity contribution in [2.75, 3.05) is 18.9 Å². The third kappa shape index (κ3) is 6.05. The van der Waals surface area contributed by atoms with E-state index in [0.29, 0.717) is 6.54 Å². The molecule has 0 radical (unpaired) electrons. The Kier molecular flexibility index (Phi) is 6.82. The lowest BCUT2D eigenvalue weighted by molar-refractivity contribution is -0.117. The van der Waals surface area contributed by atoms with Crippen LogP contribution in [-0.2, 0) is 11.3 Å². The average molecular weight is 326 g/mol. The van der Waals surface area contributed by atoms with Crippen LogP contribution in [-0.4, -0.2) is 30.5 Å². The summed E-state index contributed by atoms with van der Waals surface area (Å²) in [7, 11) is 1.94. The first-order valence-corrected chi connectivity index (χ1v) is 8.36. The first-order valence-electron chi connectivity index (χ1n) is 8.36. The summed E-state index contributed by atoms with van der Waals surface area (Å²) in [6.07, 6.45) is 1.11. The molecule has 0 aliphatic heterocycles. The van der Waals surface area contributed by atoms with Gasteiger partial charge in [-0.25, -0.2) is 0 Å². The number of hydrogen-bond acceptors (Lipinski definition) is 3. The SMILES string of the molecule is CCC(C)Oc1cccc(NC(=O)CN(C)Cc2ccccc2)c1. The number of ether oxygens (including phenoxy) is 1. The van der Waals surface area contributed by atoms with Crippen molar-refractivity contribution in [2.45, 2.75) is 32.9 Å². The third-order valence-electron chi connectivity index (χ3n) is 3.74. The van der Waals surface area contributed by atoms with Crippen molar-refractivity contribution < 1.29 is 9.53 Å². The van der Waals surface area contributed by atoms with E-state index in [2.05, 4.69) is 24.4 Å². The Hall–Kier alpha value is -2.33. The van der Waals surface area contributed by atoms with Crippen molar-refractivity contribution in [1.82, 2.24) is 4.90 Å². The summed E-state index contributed by atoms with van der Waals surface area (Å²) in [6, 6.07) is 17.7. The minimum Gasteiger partial charge on any atom is -0.491 e. The molecule has 0 aliphatic rings. The van der Waals surface area contributed by atoms with E-state index in [0.717, 1.165) is 24.4 Å². The Labute approximate surface area is 144 Å². The van der Waals surface area contributed by atoms with Gasteiger partial charge in [-0.05, 0) is 38.1 Å². The normalized spacial score (nSPS) is 12.0. The highest BCUT2D eigenvalue weighted by molar-refractivity contribution is 5.92. The molecule has 0 fully saturated rings. The lowest BCUT2D eigenvalue weighted by atomic mass is 10.2. The van der Waals surface area contributed by atoms with Gasteiger partial charge in [0.15, 0.2) is 0 Å². The molecule has 2 rings (SSSR count). The molecule has 1 unspecified atom stereocenters. The van der Waals surface area contributed by atoms with Crippen LogP contribution in [0.2, 0.25) is 0 Å². The first kappa shape index (κ1) is 18.0. The predicted molar refractivity (Wildman–Crippen MR) is 98.2 cm³/mol. The fourth-order valence-corrected chi connectivity index (χ4v) is 2.36. The second-order valence-electron chi connectivity index (χ2n) is 6.07. The second kappa shape index (κ2) is 9.08. The van der Waals surface area contributed by atoms with E-state index >= 15 is 0 Å². The van der Waals surface area contributed by atoms with Gasteiger partial charge in [-0.15, -0.1) is 0 Å². The Balaban J connectivity index is 1.86. The lowest BCUT2D eigenvalue weighted by Gasteiger charge is -2.17. The van der Waals surface area contributed by atoms with Crippen molar-refractivity contribution in [2.24, 2.45) is 0 Å². The summed E-state index contributed by atoms with van der Waals surface area (Å²) in [4.78, 5) is 14.2. The van der Waals surface area contributed by atoms with Crippen LogP contribution >= 0.6 is 0 Å². The molecule has 1 atom stereocenters. The van der Waals surface area contributed by atoms with E-state index in [9.17, 15) is 4.79 Å². The zero-order valence-electron chi connectivity index (χ0n) is 14.7. The largest absolute Gasteiger partial charge is 0.491 e. The van der Waals surface area contributed by atoms with Gasteiger partial charge in [0, 0.05) is 18.3 Å². The number of anilines is 1. The van der Waals surface area contributed by atoms with Gasteiger partial charge in [0.05, 0.1) is 12.6 Å². The van der Waals surface area contributed by atoms with Gasteiger partial charge in [0.1, 0.15) is 5.75 Å². The van der Waals surface area contributed by atoms with E-state index < -0.39 is 0 Å². The highest BCUT2D eigenvalue weighted by Gasteiger charge is 2.08. The summed E-state index contributed by atoms with van der Waals surface area (Å²) in [5.41, 5.74) is 1.95. The molecule has 0 aromatic heterocycles. The molecule has 1 N–H and O–H groups in total. The fraction of sp³-hybridized carbons (Fsp3) is 0.350. The minimum atomic E-state index is -0.0332. The van der Waals surface area contributed by atoms with Crippen LogP contribution in [0.3, 0.4) is 0 Å². The zero-order valence-corrected chi connectivity index (χ0v) is 14.7. The number of likely N-dealkylation sites (N-methyl/N-ethyl adjacent to an activating group) is 1. The van der Waals surface area contributed by atoms with Gasteiger partial charge in [-0.3, -0.25) is 9.69 Å². The molecule has 4 nitrogen and oxygen atoms in total. The van der Waals surface area contributed by atoms with Gasteiger partial charge in [-0.2, -0.15) is 0 Å². The summed E-state index contributed by atoms with van der Waals surface area (Å²) in [5, 5.41) is 2.93. The Morgan fingerprint density at radius 1 is 1.17 bits per heavy atom. The third-order valence-corrected chi connectivity index (χ3v) is 3.74. The van der Waals surface area contributed by atoms with Crippen molar-refractivity contribution in [3.05, 3.63) is 60.2 Å². The van der Waals surface area contributed by atoms with Gasteiger partial charge in [0.25, 0.3) is 0 Å². The number of carbonyl (C=O) groups is 1. The lowest BCUT2D eigenvalue weighted by Crippen LogP contribution is -2.29. The molecule has 0 heterocycles. The Morgan fingerprint density at radius 3 is 2.62 bits per heavy atom. The maximum atomic E-state index is 12.2. The number of carbonyl (C=O) groups excluding carboxylic acids is 1. The summed E-state index contributed by atoms with van der Waals surface area (Å²) in [5.74, 6) is 0.744. The number of nitrogens with zero attached hydrogens (tertiary/aromatic N) is 1. The number of benzene rings is 2. The smallest absolute Gasteiger partial charge is 0.238 e. The van der Waals surface area contributed by atoms with E-state index in [1.165, 1.54) is 5.56 Å². The van der Waals surface area contributed by atoms with Gasteiger partial charge in [0.2, 0.25) is 5.91 Å². The van der Waals surface area contributed by atoms with E-state index in [1.54, 1.807) is 0 Å². The molecule has 2 aromatic rings. The van der Waals surface area contributed by atoms with Gasteiger partial charge in [-0.1, -0.05) is 43.3 Å². The van der Waals surface area contributed by atoms with Gasteiger partial charge >= 0.3 is 0 Å². The zero-order chi connectivity index (χ0) is 17.4. The minimum absolute atomic E-state index is 0.0332. The molecule has 0 saturated heterocycles. The topological polar surface area (TPSA) is 41.6 Å². The van der Waals surface area contributed by atoms with Crippen molar-refractivity contribution in [1.29, 1.82) is 0 Å². The molecule has 0 spiro atoms. The highest BCUT2D eigenvalue weighted by atomic mass is 16.5. The molecular weight excluding hydrogens is 300 g/mol. The van der Waals surface area contributed by atoms with E-state index in [4.69, 9.17) is 4.74 Å². The quantitative estimate of drug-likeness (QED) is 0.799. The van der Waals surface area contributed by atoms with Crippen molar-refractivity contribution in [3.63, 3.8) is 0 Å². The highest BCUT2D eigenvalue weighted by Crippen LogP contribution is 2.19. The second-order valence-corrected chi connectivity index (χ2v) is 6.07. The van der Waals surface area contributed by atoms with Crippen LogP contribution in [0.4, 0.5) is 5.69 Å². The van der Waals surface area contributed by atoms with Crippen LogP contribution < -0.4 is 10.1 Å². The number of hydrogen-bond donors (Lipinski definition) is 1. The molecule has 4 heteroatoms. The molecule has 0 aliphatic carbocycles. The standard InChI is InChI=1S/C20H26N2O2/c1-4-16(2)24-19-12-8-11-18(13-19)21-20(23)15-22(3)14-17-9-6-5-7-10-17/h5-13,16H,4,14-15H2,1-3H3,(H,21,23). The molecule has 2 aromatic carbocycles. The van der Waals surface area contributed by atoms with Crippen molar-refractivity contribution in [3.8, 4) is 5.75 Å². The van der Waals surface area contributed by atoms with Crippen LogP contribution in [0.25, 0.3) is 0 Å². The molecule has 0 saturated carbocycles. The molecule has 0 bridgehead atoms. The monoisotopic (exact) mass is 326 g/mol. The number of rotatable bonds is 8. The first-order chi connectivity index (χ1) is 11.6. The molecule has 1 amide bonds. The van der Waals surface area contributed by atoms with Crippen LogP contribution in [0, 0.1) is 0 Å². The van der Waals surface area contributed by atoms with Crippen LogP contribution in [0.5, 0.6) is 5.75 Å². The molecular formula is C20H26N2O2. The maximum Gasteiger partial charge on any atom is 0.238 e. The van der Waals surface area contributed by atoms with Crippen molar-refractivity contribution >= 4 is 11.6 Å². The van der Waals surface area contributed by atoms with E-state index in [-0.39, 0.29) is 12.0 Å². The number of nitrogens with one attached hydrogen (secondary N) is 1.